The predicted octanol–water partition coefficient (Wildman–Crippen LogP) is 5.83. The summed E-state index contributed by atoms with van der Waals surface area (Å²) < 4.78 is 5.31. The Morgan fingerprint density at radius 2 is 1.61 bits per heavy atom. The van der Waals surface area contributed by atoms with Gasteiger partial charge in [-0.05, 0) is 60.7 Å². The third-order valence-corrected chi connectivity index (χ3v) is 5.89. The van der Waals surface area contributed by atoms with E-state index in [0.717, 1.165) is 22.3 Å². The summed E-state index contributed by atoms with van der Waals surface area (Å²) in [6, 6.07) is 20.8. The van der Waals surface area contributed by atoms with E-state index in [1.54, 1.807) is 13.2 Å². The summed E-state index contributed by atoms with van der Waals surface area (Å²) in [5.41, 5.74) is 5.77. The number of nitrogens with one attached hydrogen (secondary N) is 1. The zero-order chi connectivity index (χ0) is 23.7. The highest BCUT2D eigenvalue weighted by atomic mass is 16.5. The van der Waals surface area contributed by atoms with Crippen molar-refractivity contribution >= 4 is 28.8 Å². The van der Waals surface area contributed by atoms with E-state index in [1.165, 1.54) is 4.90 Å². The van der Waals surface area contributed by atoms with Gasteiger partial charge in [0, 0.05) is 11.8 Å². The molecule has 5 heteroatoms. The second-order valence-electron chi connectivity index (χ2n) is 8.62. The number of amides is 2. The molecule has 0 radical (unpaired) electrons. The van der Waals surface area contributed by atoms with Gasteiger partial charge < -0.3 is 10.1 Å². The maximum Gasteiger partial charge on any atom is 0.282 e. The number of carbonyl (C=O) groups is 2. The first-order valence-corrected chi connectivity index (χ1v) is 11.0. The summed E-state index contributed by atoms with van der Waals surface area (Å²) in [5.74, 6) is 0.300. The van der Waals surface area contributed by atoms with Crippen LogP contribution in [0.5, 0.6) is 5.75 Å². The lowest BCUT2D eigenvalue weighted by molar-refractivity contribution is -0.120. The standard InChI is InChI=1S/C28H28N2O3/c1-17(2)20-10-12-22(13-11-20)30-27(31)25(24-14-9-18(3)15-19(24)4)26(28(30)32)29-21-7-6-8-23(16-21)33-5/h6-17,29H,1-5H3. The molecule has 0 bridgehead atoms. The van der Waals surface area contributed by atoms with Crippen molar-refractivity contribution in [2.45, 2.75) is 33.6 Å². The number of benzene rings is 3. The number of aryl methyl sites for hydroxylation is 2. The molecule has 0 spiro atoms. The minimum Gasteiger partial charge on any atom is -0.497 e. The molecule has 2 amide bonds. The molecule has 0 aliphatic carbocycles. The lowest BCUT2D eigenvalue weighted by Crippen LogP contribution is -2.32. The van der Waals surface area contributed by atoms with E-state index in [9.17, 15) is 9.59 Å². The van der Waals surface area contributed by atoms with Crippen molar-refractivity contribution in [2.24, 2.45) is 0 Å². The summed E-state index contributed by atoms with van der Waals surface area (Å²) in [5, 5.41) is 3.20. The second-order valence-corrected chi connectivity index (χ2v) is 8.62. The molecular weight excluding hydrogens is 412 g/mol. The van der Waals surface area contributed by atoms with Gasteiger partial charge in [-0.3, -0.25) is 9.59 Å². The summed E-state index contributed by atoms with van der Waals surface area (Å²) in [6.45, 7) is 8.18. The monoisotopic (exact) mass is 440 g/mol. The maximum absolute atomic E-state index is 13.7. The van der Waals surface area contributed by atoms with Crippen molar-refractivity contribution < 1.29 is 14.3 Å². The quantitative estimate of drug-likeness (QED) is 0.490. The fourth-order valence-corrected chi connectivity index (χ4v) is 4.08. The molecule has 0 aromatic heterocycles. The van der Waals surface area contributed by atoms with Crippen molar-refractivity contribution in [3.8, 4) is 5.75 Å². The Hall–Kier alpha value is -3.86. The van der Waals surface area contributed by atoms with Crippen LogP contribution in [0.25, 0.3) is 5.57 Å². The molecular formula is C28H28N2O3. The number of imide groups is 1. The Bertz CT molecular complexity index is 1260. The van der Waals surface area contributed by atoms with Crippen LogP contribution in [0.15, 0.2) is 72.4 Å². The molecule has 0 unspecified atom stereocenters. The molecule has 5 nitrogen and oxygen atoms in total. The Morgan fingerprint density at radius 3 is 2.24 bits per heavy atom. The smallest absolute Gasteiger partial charge is 0.282 e. The van der Waals surface area contributed by atoms with Crippen LogP contribution < -0.4 is 15.0 Å². The number of ether oxygens (including phenoxy) is 1. The second kappa shape index (κ2) is 8.94. The largest absolute Gasteiger partial charge is 0.497 e. The van der Waals surface area contributed by atoms with Crippen LogP contribution in [0, 0.1) is 13.8 Å². The molecule has 0 saturated heterocycles. The molecule has 0 fully saturated rings. The maximum atomic E-state index is 13.7. The molecule has 3 aromatic rings. The fraction of sp³-hybridized carbons (Fsp3) is 0.214. The van der Waals surface area contributed by atoms with Crippen LogP contribution in [0.2, 0.25) is 0 Å². The Morgan fingerprint density at radius 1 is 0.879 bits per heavy atom. The molecule has 0 atom stereocenters. The van der Waals surface area contributed by atoms with E-state index in [-0.39, 0.29) is 17.5 Å². The minimum atomic E-state index is -0.380. The average Bonchev–Trinajstić information content (AvgIpc) is 3.03. The number of rotatable bonds is 6. The highest BCUT2D eigenvalue weighted by Crippen LogP contribution is 2.36. The van der Waals surface area contributed by atoms with E-state index >= 15 is 0 Å². The molecule has 1 aliphatic heterocycles. The lowest BCUT2D eigenvalue weighted by Gasteiger charge is -2.17. The van der Waals surface area contributed by atoms with Crippen molar-refractivity contribution in [1.82, 2.24) is 0 Å². The van der Waals surface area contributed by atoms with Gasteiger partial charge in [0.15, 0.2) is 0 Å². The van der Waals surface area contributed by atoms with E-state index in [0.29, 0.717) is 28.6 Å². The van der Waals surface area contributed by atoms with Crippen molar-refractivity contribution in [3.05, 3.63) is 94.7 Å². The number of nitrogens with zero attached hydrogens (tertiary/aromatic N) is 1. The number of hydrogen-bond donors (Lipinski definition) is 1. The van der Waals surface area contributed by atoms with E-state index in [2.05, 4.69) is 19.2 Å². The van der Waals surface area contributed by atoms with Gasteiger partial charge in [-0.1, -0.05) is 55.8 Å². The van der Waals surface area contributed by atoms with Crippen molar-refractivity contribution in [2.75, 3.05) is 17.3 Å². The zero-order valence-corrected chi connectivity index (χ0v) is 19.6. The summed E-state index contributed by atoms with van der Waals surface area (Å²) in [7, 11) is 1.59. The SMILES string of the molecule is COc1cccc(NC2=C(c3ccc(C)cc3C)C(=O)N(c3ccc(C(C)C)cc3)C2=O)c1. The van der Waals surface area contributed by atoms with Crippen LogP contribution in [0.3, 0.4) is 0 Å². The first kappa shape index (κ1) is 22.3. The molecule has 1 aliphatic rings. The van der Waals surface area contributed by atoms with Crippen LogP contribution in [0.1, 0.15) is 42.0 Å². The molecule has 0 saturated carbocycles. The van der Waals surface area contributed by atoms with Crippen LogP contribution >= 0.6 is 0 Å². The highest BCUT2D eigenvalue weighted by Gasteiger charge is 2.40. The third-order valence-electron chi connectivity index (χ3n) is 5.89. The molecule has 1 heterocycles. The van der Waals surface area contributed by atoms with E-state index in [1.807, 2.05) is 74.5 Å². The first-order valence-electron chi connectivity index (χ1n) is 11.0. The number of hydrogen-bond acceptors (Lipinski definition) is 4. The van der Waals surface area contributed by atoms with Gasteiger partial charge >= 0.3 is 0 Å². The minimum absolute atomic E-state index is 0.258. The van der Waals surface area contributed by atoms with E-state index in [4.69, 9.17) is 4.74 Å². The van der Waals surface area contributed by atoms with Gasteiger partial charge in [0.05, 0.1) is 18.4 Å². The molecule has 1 N–H and O–H groups in total. The lowest BCUT2D eigenvalue weighted by atomic mass is 9.97. The van der Waals surface area contributed by atoms with Gasteiger partial charge in [-0.25, -0.2) is 4.90 Å². The first-order chi connectivity index (χ1) is 15.8. The van der Waals surface area contributed by atoms with Crippen LogP contribution in [-0.4, -0.2) is 18.9 Å². The van der Waals surface area contributed by atoms with Gasteiger partial charge in [-0.2, -0.15) is 0 Å². The van der Waals surface area contributed by atoms with Gasteiger partial charge in [-0.15, -0.1) is 0 Å². The molecule has 4 rings (SSSR count). The Balaban J connectivity index is 1.82. The Kier molecular flexibility index (Phi) is 6.05. The van der Waals surface area contributed by atoms with Crippen LogP contribution in [0.4, 0.5) is 11.4 Å². The summed E-state index contributed by atoms with van der Waals surface area (Å²) >= 11 is 0. The van der Waals surface area contributed by atoms with E-state index < -0.39 is 0 Å². The molecule has 168 valence electrons. The molecule has 33 heavy (non-hydrogen) atoms. The Labute approximate surface area is 194 Å². The topological polar surface area (TPSA) is 58.6 Å². The van der Waals surface area contributed by atoms with Gasteiger partial charge in [0.1, 0.15) is 11.4 Å². The number of anilines is 2. The summed E-state index contributed by atoms with van der Waals surface area (Å²) in [4.78, 5) is 28.5. The van der Waals surface area contributed by atoms with Crippen molar-refractivity contribution in [1.29, 1.82) is 0 Å². The normalized spacial score (nSPS) is 13.8. The fourth-order valence-electron chi connectivity index (χ4n) is 4.08. The highest BCUT2D eigenvalue weighted by molar-refractivity contribution is 6.46. The van der Waals surface area contributed by atoms with Crippen molar-refractivity contribution in [3.63, 3.8) is 0 Å². The number of methoxy groups -OCH3 is 1. The zero-order valence-electron chi connectivity index (χ0n) is 19.6. The average molecular weight is 441 g/mol. The third kappa shape index (κ3) is 4.27. The van der Waals surface area contributed by atoms with Gasteiger partial charge in [0.2, 0.25) is 0 Å². The molecule has 3 aromatic carbocycles. The number of carbonyl (C=O) groups excluding carboxylic acids is 2. The van der Waals surface area contributed by atoms with Crippen LogP contribution in [-0.2, 0) is 9.59 Å². The van der Waals surface area contributed by atoms with Gasteiger partial charge in [0.25, 0.3) is 11.8 Å². The predicted molar refractivity (Wildman–Crippen MR) is 132 cm³/mol. The summed E-state index contributed by atoms with van der Waals surface area (Å²) in [6.07, 6.45) is 0.